The van der Waals surface area contributed by atoms with Gasteiger partial charge in [0, 0.05) is 43.2 Å². The van der Waals surface area contributed by atoms with Crippen molar-refractivity contribution in [2.75, 3.05) is 19.3 Å². The number of fused-ring (bicyclic) bond motifs is 1. The molecule has 0 saturated heterocycles. The fourth-order valence-corrected chi connectivity index (χ4v) is 7.00. The van der Waals surface area contributed by atoms with Crippen LogP contribution < -0.4 is 11.2 Å². The Labute approximate surface area is 180 Å². The van der Waals surface area contributed by atoms with Gasteiger partial charge in [-0.25, -0.2) is 17.5 Å². The van der Waals surface area contributed by atoms with Gasteiger partial charge in [-0.2, -0.15) is 11.8 Å². The van der Waals surface area contributed by atoms with Gasteiger partial charge in [0.1, 0.15) is 16.2 Å². The number of hydrogen-bond donors (Lipinski definition) is 1. The molecule has 4 heterocycles. The molecule has 9 nitrogen and oxygen atoms in total. The molecular formula is C18H20N4O5S3. The van der Waals surface area contributed by atoms with Crippen LogP contribution in [0.5, 0.6) is 0 Å². The number of rotatable bonds is 7. The molecule has 0 unspecified atom stereocenters. The standard InChI is InChI=1S/C18H20N4O5S3/c1-21(30(25,26)16-4-3-15(29-16)13-5-9-27-20-13)7-2-8-22-14-6-10-28-11-12(14)17(23)19-18(22)24/h3-5,9H,2,6-8,10-11H2,1H3,(H,19,23,24). The van der Waals surface area contributed by atoms with Gasteiger partial charge in [-0.3, -0.25) is 14.3 Å². The molecule has 3 aromatic rings. The van der Waals surface area contributed by atoms with Gasteiger partial charge in [0.15, 0.2) is 0 Å². The van der Waals surface area contributed by atoms with Crippen LogP contribution in [0.15, 0.2) is 42.8 Å². The number of thioether (sulfide) groups is 1. The van der Waals surface area contributed by atoms with E-state index in [0.29, 0.717) is 41.3 Å². The summed E-state index contributed by atoms with van der Waals surface area (Å²) in [6.07, 6.45) is 2.54. The van der Waals surface area contributed by atoms with E-state index in [1.54, 1.807) is 34.5 Å². The molecule has 0 atom stereocenters. The predicted molar refractivity (Wildman–Crippen MR) is 115 cm³/mol. The first-order chi connectivity index (χ1) is 14.4. The zero-order chi connectivity index (χ0) is 21.3. The topological polar surface area (TPSA) is 118 Å². The third-order valence-electron chi connectivity index (χ3n) is 4.93. The number of thiophene rings is 1. The Morgan fingerprint density at radius 2 is 2.13 bits per heavy atom. The zero-order valence-corrected chi connectivity index (χ0v) is 18.6. The van der Waals surface area contributed by atoms with E-state index in [9.17, 15) is 18.0 Å². The Morgan fingerprint density at radius 1 is 1.30 bits per heavy atom. The van der Waals surface area contributed by atoms with Crippen molar-refractivity contribution in [3.8, 4) is 10.6 Å². The van der Waals surface area contributed by atoms with Gasteiger partial charge < -0.3 is 4.52 Å². The molecule has 3 aromatic heterocycles. The minimum Gasteiger partial charge on any atom is -0.364 e. The Bertz CT molecular complexity index is 1260. The molecule has 0 spiro atoms. The molecular weight excluding hydrogens is 448 g/mol. The Hall–Kier alpha value is -2.15. The normalized spacial score (nSPS) is 14.2. The van der Waals surface area contributed by atoms with Crippen LogP contribution in [0.2, 0.25) is 0 Å². The van der Waals surface area contributed by atoms with Crippen LogP contribution in [0.4, 0.5) is 0 Å². The number of sulfonamides is 1. The molecule has 0 bridgehead atoms. The van der Waals surface area contributed by atoms with Crippen molar-refractivity contribution >= 4 is 33.1 Å². The SMILES string of the molecule is CN(CCCn1c2c(c(=O)[nH]c1=O)CSCC2)S(=O)(=O)c1ccc(-c2ccon2)s1. The van der Waals surface area contributed by atoms with Crippen LogP contribution in [-0.4, -0.2) is 46.8 Å². The van der Waals surface area contributed by atoms with Gasteiger partial charge >= 0.3 is 5.69 Å². The van der Waals surface area contributed by atoms with E-state index in [1.165, 1.54) is 17.6 Å². The number of nitrogens with zero attached hydrogens (tertiary/aromatic N) is 3. The number of aromatic nitrogens is 3. The Balaban J connectivity index is 1.46. The highest BCUT2D eigenvalue weighted by Crippen LogP contribution is 2.31. The van der Waals surface area contributed by atoms with Crippen molar-refractivity contribution in [2.45, 2.75) is 29.3 Å². The largest absolute Gasteiger partial charge is 0.364 e. The quantitative estimate of drug-likeness (QED) is 0.561. The average Bonchev–Trinajstić information content (AvgIpc) is 3.42. The third-order valence-corrected chi connectivity index (χ3v) is 9.35. The molecule has 0 amide bonds. The molecule has 0 fully saturated rings. The van der Waals surface area contributed by atoms with E-state index in [1.807, 2.05) is 0 Å². The van der Waals surface area contributed by atoms with E-state index in [2.05, 4.69) is 10.1 Å². The first-order valence-corrected chi connectivity index (χ1v) is 12.7. The van der Waals surface area contributed by atoms with Crippen molar-refractivity contribution in [3.63, 3.8) is 0 Å². The first-order valence-electron chi connectivity index (χ1n) is 9.27. The third kappa shape index (κ3) is 4.04. The summed E-state index contributed by atoms with van der Waals surface area (Å²) in [4.78, 5) is 27.4. The smallest absolute Gasteiger partial charge is 0.328 e. The maximum atomic E-state index is 12.9. The lowest BCUT2D eigenvalue weighted by Gasteiger charge is -2.21. The summed E-state index contributed by atoms with van der Waals surface area (Å²) >= 11 is 2.79. The Morgan fingerprint density at radius 3 is 2.90 bits per heavy atom. The van der Waals surface area contributed by atoms with Crippen LogP contribution in [-0.2, 0) is 28.7 Å². The number of hydrogen-bond acceptors (Lipinski definition) is 8. The molecule has 0 aromatic carbocycles. The molecule has 30 heavy (non-hydrogen) atoms. The van der Waals surface area contributed by atoms with Crippen LogP contribution in [0, 0.1) is 0 Å². The minimum absolute atomic E-state index is 0.221. The molecule has 4 rings (SSSR count). The van der Waals surface area contributed by atoms with E-state index in [4.69, 9.17) is 4.52 Å². The summed E-state index contributed by atoms with van der Waals surface area (Å²) in [7, 11) is -2.13. The summed E-state index contributed by atoms with van der Waals surface area (Å²) < 4.78 is 33.6. The summed E-state index contributed by atoms with van der Waals surface area (Å²) in [5.74, 6) is 1.45. The molecule has 0 aliphatic carbocycles. The van der Waals surface area contributed by atoms with Crippen molar-refractivity contribution in [3.05, 3.63) is 56.6 Å². The maximum Gasteiger partial charge on any atom is 0.328 e. The average molecular weight is 469 g/mol. The van der Waals surface area contributed by atoms with Crippen molar-refractivity contribution < 1.29 is 12.9 Å². The lowest BCUT2D eigenvalue weighted by molar-refractivity contribution is 0.422. The van der Waals surface area contributed by atoms with Gasteiger partial charge in [-0.1, -0.05) is 5.16 Å². The van der Waals surface area contributed by atoms with Crippen molar-refractivity contribution in [2.24, 2.45) is 0 Å². The van der Waals surface area contributed by atoms with E-state index in [-0.39, 0.29) is 16.3 Å². The van der Waals surface area contributed by atoms with Gasteiger partial charge in [0.2, 0.25) is 0 Å². The highest BCUT2D eigenvalue weighted by Gasteiger charge is 2.24. The fourth-order valence-electron chi connectivity index (χ4n) is 3.33. The van der Waals surface area contributed by atoms with Crippen LogP contribution in [0.1, 0.15) is 17.7 Å². The monoisotopic (exact) mass is 468 g/mol. The van der Waals surface area contributed by atoms with Crippen LogP contribution in [0.25, 0.3) is 10.6 Å². The van der Waals surface area contributed by atoms with Crippen molar-refractivity contribution in [1.82, 2.24) is 19.0 Å². The second-order valence-electron chi connectivity index (χ2n) is 6.82. The van der Waals surface area contributed by atoms with Gasteiger partial charge in [-0.05, 0) is 30.7 Å². The van der Waals surface area contributed by atoms with E-state index < -0.39 is 15.7 Å². The lowest BCUT2D eigenvalue weighted by atomic mass is 10.2. The highest BCUT2D eigenvalue weighted by molar-refractivity contribution is 7.98. The minimum atomic E-state index is -3.65. The van der Waals surface area contributed by atoms with Gasteiger partial charge in [0.05, 0.1) is 4.88 Å². The molecule has 0 saturated carbocycles. The summed E-state index contributed by atoms with van der Waals surface area (Å²) in [5, 5.41) is 3.83. The van der Waals surface area contributed by atoms with E-state index in [0.717, 1.165) is 22.8 Å². The second-order valence-corrected chi connectivity index (χ2v) is 11.3. The maximum absolute atomic E-state index is 12.9. The van der Waals surface area contributed by atoms with Gasteiger partial charge in [0.25, 0.3) is 15.6 Å². The molecule has 1 aliphatic rings. The summed E-state index contributed by atoms with van der Waals surface area (Å²) in [6, 6.07) is 4.93. The lowest BCUT2D eigenvalue weighted by Crippen LogP contribution is -2.37. The van der Waals surface area contributed by atoms with Gasteiger partial charge in [-0.15, -0.1) is 11.3 Å². The highest BCUT2D eigenvalue weighted by atomic mass is 32.2. The number of H-pyrrole nitrogens is 1. The van der Waals surface area contributed by atoms with Crippen LogP contribution >= 0.6 is 23.1 Å². The molecule has 12 heteroatoms. The Kier molecular flexibility index (Phi) is 6.00. The van der Waals surface area contributed by atoms with E-state index >= 15 is 0 Å². The summed E-state index contributed by atoms with van der Waals surface area (Å²) in [6.45, 7) is 0.589. The fraction of sp³-hybridized carbons (Fsp3) is 0.389. The predicted octanol–water partition coefficient (Wildman–Crippen LogP) is 1.75. The molecule has 160 valence electrons. The molecule has 1 aliphatic heterocycles. The van der Waals surface area contributed by atoms with Crippen molar-refractivity contribution in [1.29, 1.82) is 0 Å². The first kappa shape index (κ1) is 21.1. The zero-order valence-electron chi connectivity index (χ0n) is 16.2. The summed E-state index contributed by atoms with van der Waals surface area (Å²) in [5.41, 5.74) is 1.24. The number of nitrogens with one attached hydrogen (secondary N) is 1. The second kappa shape index (κ2) is 8.53. The molecule has 0 radical (unpaired) electrons. The van der Waals surface area contributed by atoms with Crippen LogP contribution in [0.3, 0.4) is 0 Å². The molecule has 1 N–H and O–H groups in total. The number of aromatic amines is 1.